The van der Waals surface area contributed by atoms with Crippen molar-refractivity contribution in [1.82, 2.24) is 20.9 Å². The van der Waals surface area contributed by atoms with Gasteiger partial charge in [0.15, 0.2) is 0 Å². The summed E-state index contributed by atoms with van der Waals surface area (Å²) in [5, 5.41) is 12.0. The summed E-state index contributed by atoms with van der Waals surface area (Å²) in [6.45, 7) is 1.59. The normalized spacial score (nSPS) is 16.6. The van der Waals surface area contributed by atoms with Crippen molar-refractivity contribution in [2.45, 2.75) is 43.5 Å². The van der Waals surface area contributed by atoms with E-state index >= 15 is 0 Å². The van der Waals surface area contributed by atoms with Gasteiger partial charge in [-0.15, -0.1) is 11.3 Å². The summed E-state index contributed by atoms with van der Waals surface area (Å²) in [5.74, 6) is -0.832. The number of amides is 3. The number of morpholine rings is 1. The number of anilines is 1. The Morgan fingerprint density at radius 3 is 2.32 bits per heavy atom. The van der Waals surface area contributed by atoms with Gasteiger partial charge in [0, 0.05) is 29.2 Å². The molecule has 0 saturated carbocycles. The highest BCUT2D eigenvalue weighted by Gasteiger charge is 2.33. The number of methoxy groups -OCH3 is 1. The molecule has 5 rings (SSSR count). The molecule has 47 heavy (non-hydrogen) atoms. The van der Waals surface area contributed by atoms with Crippen LogP contribution in [0.3, 0.4) is 0 Å². The lowest BCUT2D eigenvalue weighted by molar-refractivity contribution is -0.118. The Morgan fingerprint density at radius 2 is 1.68 bits per heavy atom. The summed E-state index contributed by atoms with van der Waals surface area (Å²) < 4.78 is 16.3. The van der Waals surface area contributed by atoms with Crippen LogP contribution in [0.5, 0.6) is 0 Å². The molecule has 1 fully saturated rings. The number of nitrogens with zero attached hydrogens (tertiary/aromatic N) is 1. The molecule has 3 amide bonds. The van der Waals surface area contributed by atoms with Crippen LogP contribution in [0.1, 0.15) is 33.9 Å². The van der Waals surface area contributed by atoms with Gasteiger partial charge in [-0.25, -0.2) is 9.59 Å². The van der Waals surface area contributed by atoms with Crippen molar-refractivity contribution in [2.75, 3.05) is 32.2 Å². The van der Waals surface area contributed by atoms with Gasteiger partial charge in [-0.05, 0) is 35.6 Å². The van der Waals surface area contributed by atoms with Gasteiger partial charge in [0.1, 0.15) is 12.6 Å². The number of thiazole rings is 1. The first-order valence-corrected chi connectivity index (χ1v) is 16.3. The summed E-state index contributed by atoms with van der Waals surface area (Å²) in [5.41, 5.74) is 5.08. The summed E-state index contributed by atoms with van der Waals surface area (Å²) in [6, 6.07) is 25.8. The maximum absolute atomic E-state index is 14.0. The molecule has 4 aromatic rings. The quantitative estimate of drug-likeness (QED) is 0.160. The largest absolute Gasteiger partial charge is 0.453 e. The molecule has 12 heteroatoms. The van der Waals surface area contributed by atoms with Gasteiger partial charge in [-0.2, -0.15) is 0 Å². The molecule has 1 aliphatic heterocycles. The number of carbonyl (C=O) groups excluding carboxylic acids is 3. The molecule has 3 aromatic carbocycles. The second kappa shape index (κ2) is 17.2. The third kappa shape index (κ3) is 9.85. The standard InChI is InChI=1S/C35H39N5O6S/c1-44-35(43)40-32(31(25-11-4-2-5-12-25)26-13-6-3-7-14-26)33(41)39-30-15-9-8-10-24(30)16-17-28-18-37-27(21-45-28)22-46-34(42)38-20-29-19-36-23-47-29/h2-15,19,23,27-28,31-32,37H,16-18,20-22H2,1H3,(H,38,42)(H,39,41)(H,40,43)/t27-,28+,32-/m0/s1. The Balaban J connectivity index is 1.18. The zero-order chi connectivity index (χ0) is 32.8. The van der Waals surface area contributed by atoms with Crippen LogP contribution < -0.4 is 21.3 Å². The number of carbonyl (C=O) groups is 3. The van der Waals surface area contributed by atoms with Crippen LogP contribution in [-0.4, -0.2) is 68.1 Å². The molecule has 0 bridgehead atoms. The van der Waals surface area contributed by atoms with E-state index in [0.29, 0.717) is 38.2 Å². The minimum Gasteiger partial charge on any atom is -0.453 e. The number of benzene rings is 3. The Labute approximate surface area is 278 Å². The van der Waals surface area contributed by atoms with E-state index in [2.05, 4.69) is 26.3 Å². The summed E-state index contributed by atoms with van der Waals surface area (Å²) in [7, 11) is 1.28. The van der Waals surface area contributed by atoms with Crippen LogP contribution in [0.25, 0.3) is 0 Å². The molecule has 2 heterocycles. The van der Waals surface area contributed by atoms with Gasteiger partial charge >= 0.3 is 12.2 Å². The van der Waals surface area contributed by atoms with Crippen LogP contribution in [0.15, 0.2) is 96.6 Å². The number of aromatic nitrogens is 1. The number of para-hydroxylation sites is 1. The smallest absolute Gasteiger partial charge is 0.407 e. The van der Waals surface area contributed by atoms with Crippen molar-refractivity contribution in [3.8, 4) is 0 Å². The van der Waals surface area contributed by atoms with Crippen molar-refractivity contribution in [3.05, 3.63) is 118 Å². The number of nitrogens with one attached hydrogen (secondary N) is 4. The minimum atomic E-state index is -0.958. The van der Waals surface area contributed by atoms with E-state index < -0.39 is 24.1 Å². The number of alkyl carbamates (subject to hydrolysis) is 2. The highest BCUT2D eigenvalue weighted by Crippen LogP contribution is 2.30. The molecule has 0 radical (unpaired) electrons. The molecule has 1 saturated heterocycles. The average molecular weight is 658 g/mol. The highest BCUT2D eigenvalue weighted by atomic mass is 32.1. The number of ether oxygens (including phenoxy) is 3. The van der Waals surface area contributed by atoms with Crippen LogP contribution in [0, 0.1) is 0 Å². The van der Waals surface area contributed by atoms with Crippen molar-refractivity contribution in [1.29, 1.82) is 0 Å². The molecule has 0 spiro atoms. The zero-order valence-electron chi connectivity index (χ0n) is 26.1. The zero-order valence-corrected chi connectivity index (χ0v) is 26.9. The van der Waals surface area contributed by atoms with Crippen molar-refractivity contribution >= 4 is 35.1 Å². The number of aryl methyl sites for hydroxylation is 1. The first-order valence-electron chi connectivity index (χ1n) is 15.5. The van der Waals surface area contributed by atoms with Gasteiger partial charge in [-0.1, -0.05) is 78.9 Å². The van der Waals surface area contributed by atoms with E-state index in [1.807, 2.05) is 84.9 Å². The van der Waals surface area contributed by atoms with Crippen molar-refractivity contribution < 1.29 is 28.6 Å². The highest BCUT2D eigenvalue weighted by molar-refractivity contribution is 7.09. The lowest BCUT2D eigenvalue weighted by Crippen LogP contribution is -2.49. The van der Waals surface area contributed by atoms with Gasteiger partial charge in [-0.3, -0.25) is 9.78 Å². The molecule has 0 aliphatic carbocycles. The van der Waals surface area contributed by atoms with E-state index in [0.717, 1.165) is 21.6 Å². The van der Waals surface area contributed by atoms with Crippen LogP contribution in [-0.2, 0) is 32.0 Å². The number of hydrogen-bond donors (Lipinski definition) is 4. The Morgan fingerprint density at radius 1 is 0.979 bits per heavy atom. The van der Waals surface area contributed by atoms with E-state index in [1.165, 1.54) is 18.4 Å². The molecular formula is C35H39N5O6S. The van der Waals surface area contributed by atoms with Crippen LogP contribution >= 0.6 is 11.3 Å². The number of hydrogen-bond acceptors (Lipinski definition) is 9. The van der Waals surface area contributed by atoms with Gasteiger partial charge in [0.05, 0.1) is 37.9 Å². The lowest BCUT2D eigenvalue weighted by Gasteiger charge is -2.30. The minimum absolute atomic E-state index is 0.0514. The Bertz CT molecular complexity index is 1530. The van der Waals surface area contributed by atoms with Crippen LogP contribution in [0.2, 0.25) is 0 Å². The predicted molar refractivity (Wildman–Crippen MR) is 179 cm³/mol. The SMILES string of the molecule is COC(=O)N[C@H](C(=O)Nc1ccccc1CC[C@@H]1CN[C@H](COC(=O)NCc2cncs2)CO1)C(c1ccccc1)c1ccccc1. The molecule has 3 atom stereocenters. The van der Waals surface area contributed by atoms with Gasteiger partial charge in [0.25, 0.3) is 0 Å². The molecule has 0 unspecified atom stereocenters. The Hall–Kier alpha value is -4.78. The van der Waals surface area contributed by atoms with E-state index in [1.54, 1.807) is 11.7 Å². The fraction of sp³-hybridized carbons (Fsp3) is 0.314. The third-order valence-electron chi connectivity index (χ3n) is 7.88. The number of rotatable bonds is 13. The first kappa shape index (κ1) is 33.6. The van der Waals surface area contributed by atoms with E-state index in [9.17, 15) is 14.4 Å². The molecule has 11 nitrogen and oxygen atoms in total. The summed E-state index contributed by atoms with van der Waals surface area (Å²) >= 11 is 1.47. The maximum atomic E-state index is 14.0. The molecular weight excluding hydrogens is 618 g/mol. The monoisotopic (exact) mass is 657 g/mol. The average Bonchev–Trinajstić information content (AvgIpc) is 3.64. The molecule has 246 valence electrons. The van der Waals surface area contributed by atoms with Gasteiger partial charge < -0.3 is 35.5 Å². The van der Waals surface area contributed by atoms with Gasteiger partial charge in [0.2, 0.25) is 5.91 Å². The molecule has 4 N–H and O–H groups in total. The second-order valence-corrected chi connectivity index (χ2v) is 12.0. The Kier molecular flexibility index (Phi) is 12.3. The van der Waals surface area contributed by atoms with E-state index in [-0.39, 0.29) is 24.7 Å². The lowest BCUT2D eigenvalue weighted by atomic mass is 9.84. The first-order chi connectivity index (χ1) is 23.0. The maximum Gasteiger partial charge on any atom is 0.407 e. The predicted octanol–water partition coefficient (Wildman–Crippen LogP) is 4.85. The summed E-state index contributed by atoms with van der Waals surface area (Å²) in [4.78, 5) is 43.5. The van der Waals surface area contributed by atoms with Crippen molar-refractivity contribution in [3.63, 3.8) is 0 Å². The van der Waals surface area contributed by atoms with Crippen LogP contribution in [0.4, 0.5) is 15.3 Å². The molecule has 1 aromatic heterocycles. The summed E-state index contributed by atoms with van der Waals surface area (Å²) in [6.07, 6.45) is 1.84. The topological polar surface area (TPSA) is 140 Å². The molecule has 1 aliphatic rings. The fourth-order valence-corrected chi connectivity index (χ4v) is 5.98. The second-order valence-electron chi connectivity index (χ2n) is 11.1. The van der Waals surface area contributed by atoms with Crippen molar-refractivity contribution in [2.24, 2.45) is 0 Å². The van der Waals surface area contributed by atoms with E-state index in [4.69, 9.17) is 14.2 Å². The fourth-order valence-electron chi connectivity index (χ4n) is 5.45. The third-order valence-corrected chi connectivity index (χ3v) is 8.66.